The van der Waals surface area contributed by atoms with Crippen molar-refractivity contribution in [2.24, 2.45) is 5.92 Å². The van der Waals surface area contributed by atoms with Crippen LogP contribution in [0.25, 0.3) is 0 Å². The summed E-state index contributed by atoms with van der Waals surface area (Å²) in [5.74, 6) is 0.646. The monoisotopic (exact) mass is 419 g/mol. The number of hydrogen-bond donors (Lipinski definition) is 2. The molecule has 3 aliphatic rings. The summed E-state index contributed by atoms with van der Waals surface area (Å²) in [7, 11) is -3.69. The number of fused-ring (bicyclic) bond motifs is 2. The van der Waals surface area contributed by atoms with Gasteiger partial charge >= 0.3 is 6.03 Å². The minimum atomic E-state index is -3.69. The average Bonchev–Trinajstić information content (AvgIpc) is 3.30. The Labute approximate surface area is 174 Å². The summed E-state index contributed by atoms with van der Waals surface area (Å²) in [6.07, 6.45) is 8.39. The number of anilines is 1. The Morgan fingerprint density at radius 1 is 1.10 bits per heavy atom. The first-order valence-electron chi connectivity index (χ1n) is 11.0. The molecule has 2 amide bonds. The third kappa shape index (κ3) is 4.61. The van der Waals surface area contributed by atoms with Gasteiger partial charge in [-0.2, -0.15) is 0 Å². The quantitative estimate of drug-likeness (QED) is 0.768. The van der Waals surface area contributed by atoms with Crippen LogP contribution in [-0.2, 0) is 35.7 Å². The van der Waals surface area contributed by atoms with Gasteiger partial charge in [0.25, 0.3) is 0 Å². The number of carbonyl (C=O) groups excluding carboxylic acids is 1. The fourth-order valence-corrected chi connectivity index (χ4v) is 6.44. The number of amides is 2. The van der Waals surface area contributed by atoms with Crippen molar-refractivity contribution in [3.8, 4) is 0 Å². The molecule has 1 aromatic carbocycles. The van der Waals surface area contributed by atoms with Gasteiger partial charge in [-0.1, -0.05) is 13.0 Å². The second-order valence-corrected chi connectivity index (χ2v) is 10.9. The van der Waals surface area contributed by atoms with Crippen molar-refractivity contribution < 1.29 is 13.2 Å². The summed E-state index contributed by atoms with van der Waals surface area (Å²) < 4.78 is 27.5. The highest BCUT2D eigenvalue weighted by Crippen LogP contribution is 2.38. The fourth-order valence-electron chi connectivity index (χ4n) is 5.18. The molecule has 1 aliphatic heterocycles. The topological polar surface area (TPSA) is 78.5 Å². The lowest BCUT2D eigenvalue weighted by Gasteiger charge is -2.34. The van der Waals surface area contributed by atoms with Gasteiger partial charge in [-0.3, -0.25) is 4.90 Å². The molecule has 2 N–H and O–H groups in total. The molecule has 2 aliphatic carbocycles. The minimum Gasteiger partial charge on any atom is -0.307 e. The third-order valence-electron chi connectivity index (χ3n) is 6.86. The predicted octanol–water partition coefficient (Wildman–Crippen LogP) is 3.24. The fraction of sp³-hybridized carbons (Fsp3) is 0.682. The molecule has 1 saturated heterocycles. The van der Waals surface area contributed by atoms with Crippen LogP contribution in [0.4, 0.5) is 10.5 Å². The molecule has 0 radical (unpaired) electrons. The van der Waals surface area contributed by atoms with Gasteiger partial charge in [-0.25, -0.2) is 17.9 Å². The summed E-state index contributed by atoms with van der Waals surface area (Å²) in [5, 5.41) is 2.91. The number of sulfonamides is 1. The van der Waals surface area contributed by atoms with Crippen LogP contribution >= 0.6 is 0 Å². The number of likely N-dealkylation sites (tertiary alicyclic amines) is 1. The molecule has 0 aromatic heterocycles. The SMILES string of the molecule is CC1CCN(C(C)CS(=O)(=O)NC(=O)Nc2c3c(cc4c2CCC4)CCC3)CC1. The van der Waals surface area contributed by atoms with Gasteiger partial charge in [0.15, 0.2) is 0 Å². The zero-order chi connectivity index (χ0) is 20.6. The predicted molar refractivity (Wildman–Crippen MR) is 116 cm³/mol. The number of nitrogens with zero attached hydrogens (tertiary/aromatic N) is 1. The van der Waals surface area contributed by atoms with E-state index in [1.807, 2.05) is 6.92 Å². The molecule has 1 unspecified atom stereocenters. The Kier molecular flexibility index (Phi) is 5.89. The standard InChI is InChI=1S/C22H33N3O3S/c1-15-9-11-25(12-10-15)16(2)14-29(27,28)24-22(26)23-21-19-7-3-5-17(19)13-18-6-4-8-20(18)21/h13,15-16H,3-12,14H2,1-2H3,(H2,23,24,26). The zero-order valence-electron chi connectivity index (χ0n) is 17.6. The van der Waals surface area contributed by atoms with Crippen LogP contribution in [0.1, 0.15) is 61.8 Å². The molecule has 4 rings (SSSR count). The number of carbonyl (C=O) groups is 1. The molecule has 1 atom stereocenters. The lowest BCUT2D eigenvalue weighted by molar-refractivity contribution is 0.157. The lowest BCUT2D eigenvalue weighted by Crippen LogP contribution is -2.46. The van der Waals surface area contributed by atoms with Crippen molar-refractivity contribution in [2.75, 3.05) is 24.2 Å². The van der Waals surface area contributed by atoms with Crippen LogP contribution in [0, 0.1) is 5.92 Å². The van der Waals surface area contributed by atoms with E-state index in [-0.39, 0.29) is 11.8 Å². The molecule has 7 heteroatoms. The first-order valence-corrected chi connectivity index (χ1v) is 12.7. The third-order valence-corrected chi connectivity index (χ3v) is 8.28. The summed E-state index contributed by atoms with van der Waals surface area (Å²) in [6, 6.07) is 1.57. The molecule has 0 spiro atoms. The molecule has 29 heavy (non-hydrogen) atoms. The summed E-state index contributed by atoms with van der Waals surface area (Å²) in [4.78, 5) is 14.8. The van der Waals surface area contributed by atoms with Gasteiger partial charge in [0, 0.05) is 11.7 Å². The summed E-state index contributed by atoms with van der Waals surface area (Å²) in [6.45, 7) is 6.02. The smallest absolute Gasteiger partial charge is 0.307 e. The maximum Gasteiger partial charge on any atom is 0.332 e. The van der Waals surface area contributed by atoms with Gasteiger partial charge < -0.3 is 5.32 Å². The van der Waals surface area contributed by atoms with Crippen molar-refractivity contribution in [2.45, 2.75) is 71.3 Å². The van der Waals surface area contributed by atoms with Crippen molar-refractivity contribution in [3.05, 3.63) is 28.3 Å². The van der Waals surface area contributed by atoms with E-state index in [0.717, 1.165) is 70.1 Å². The molecule has 0 bridgehead atoms. The van der Waals surface area contributed by atoms with E-state index in [0.29, 0.717) is 5.92 Å². The minimum absolute atomic E-state index is 0.0557. The van der Waals surface area contributed by atoms with Gasteiger partial charge in [-0.05, 0) is 99.6 Å². The van der Waals surface area contributed by atoms with Crippen molar-refractivity contribution in [3.63, 3.8) is 0 Å². The Balaban J connectivity index is 1.41. The second-order valence-electron chi connectivity index (χ2n) is 9.14. The second kappa shape index (κ2) is 8.26. The Hall–Kier alpha value is -1.60. The molecular formula is C22H33N3O3S. The van der Waals surface area contributed by atoms with Crippen LogP contribution in [0.15, 0.2) is 6.07 Å². The molecular weight excluding hydrogens is 386 g/mol. The molecule has 160 valence electrons. The van der Waals surface area contributed by atoms with Gasteiger partial charge in [-0.15, -0.1) is 0 Å². The van der Waals surface area contributed by atoms with Crippen molar-refractivity contribution >= 4 is 21.7 Å². The van der Waals surface area contributed by atoms with Crippen LogP contribution < -0.4 is 10.0 Å². The summed E-state index contributed by atoms with van der Waals surface area (Å²) in [5.41, 5.74) is 5.91. The van der Waals surface area contributed by atoms with Crippen molar-refractivity contribution in [1.29, 1.82) is 0 Å². The highest BCUT2D eigenvalue weighted by atomic mass is 32.2. The number of rotatable bonds is 5. The van der Waals surface area contributed by atoms with E-state index in [4.69, 9.17) is 0 Å². The number of urea groups is 1. The largest absolute Gasteiger partial charge is 0.332 e. The average molecular weight is 420 g/mol. The molecule has 1 heterocycles. The van der Waals surface area contributed by atoms with Gasteiger partial charge in [0.1, 0.15) is 0 Å². The van der Waals surface area contributed by atoms with Crippen LogP contribution in [0.2, 0.25) is 0 Å². The molecule has 0 saturated carbocycles. The number of aryl methyl sites for hydroxylation is 2. The first-order chi connectivity index (χ1) is 13.8. The molecule has 1 aromatic rings. The molecule has 1 fully saturated rings. The number of benzene rings is 1. The summed E-state index contributed by atoms with van der Waals surface area (Å²) >= 11 is 0. The highest BCUT2D eigenvalue weighted by Gasteiger charge is 2.28. The lowest BCUT2D eigenvalue weighted by atomic mass is 9.98. The van der Waals surface area contributed by atoms with E-state index in [2.05, 4.69) is 27.9 Å². The Bertz CT molecular complexity index is 857. The van der Waals surface area contributed by atoms with E-state index in [1.165, 1.54) is 22.3 Å². The van der Waals surface area contributed by atoms with Gasteiger partial charge in [0.2, 0.25) is 10.0 Å². The van der Waals surface area contributed by atoms with E-state index in [9.17, 15) is 13.2 Å². The number of hydrogen-bond acceptors (Lipinski definition) is 4. The zero-order valence-corrected chi connectivity index (χ0v) is 18.4. The Morgan fingerprint density at radius 2 is 1.69 bits per heavy atom. The van der Waals surface area contributed by atoms with E-state index >= 15 is 0 Å². The Morgan fingerprint density at radius 3 is 2.28 bits per heavy atom. The van der Waals surface area contributed by atoms with Crippen molar-refractivity contribution in [1.82, 2.24) is 9.62 Å². The van der Waals surface area contributed by atoms with E-state index < -0.39 is 16.1 Å². The van der Waals surface area contributed by atoms with Crippen LogP contribution in [-0.4, -0.2) is 44.2 Å². The highest BCUT2D eigenvalue weighted by molar-refractivity contribution is 7.90. The maximum atomic E-state index is 12.6. The number of piperidine rings is 1. The normalized spacial score (nSPS) is 20.9. The molecule has 6 nitrogen and oxygen atoms in total. The van der Waals surface area contributed by atoms with Crippen LogP contribution in [0.5, 0.6) is 0 Å². The van der Waals surface area contributed by atoms with Crippen LogP contribution in [0.3, 0.4) is 0 Å². The maximum absolute atomic E-state index is 12.6. The van der Waals surface area contributed by atoms with Gasteiger partial charge in [0.05, 0.1) is 5.75 Å². The first kappa shape index (κ1) is 20.7. The van der Waals surface area contributed by atoms with E-state index in [1.54, 1.807) is 0 Å². The number of nitrogens with one attached hydrogen (secondary N) is 2.